The molecule has 1 aliphatic carbocycles. The Bertz CT molecular complexity index is 727. The Kier molecular flexibility index (Phi) is 5.78. The lowest BCUT2D eigenvalue weighted by Gasteiger charge is -2.23. The molecule has 0 aliphatic heterocycles. The molecule has 1 aromatic carbocycles. The molecule has 0 saturated heterocycles. The van der Waals surface area contributed by atoms with Crippen LogP contribution in [0.3, 0.4) is 0 Å². The Morgan fingerprint density at radius 1 is 1.38 bits per heavy atom. The van der Waals surface area contributed by atoms with E-state index in [4.69, 9.17) is 4.74 Å². The quantitative estimate of drug-likeness (QED) is 0.635. The van der Waals surface area contributed by atoms with Crippen LogP contribution in [-0.2, 0) is 12.8 Å². The van der Waals surface area contributed by atoms with Gasteiger partial charge >= 0.3 is 6.03 Å². The van der Waals surface area contributed by atoms with Crippen LogP contribution in [0, 0.1) is 0 Å². The van der Waals surface area contributed by atoms with Crippen molar-refractivity contribution in [1.29, 1.82) is 0 Å². The van der Waals surface area contributed by atoms with Gasteiger partial charge in [-0.3, -0.25) is 5.10 Å². The number of aromatic amines is 1. The third kappa shape index (κ3) is 4.76. The Hall–Kier alpha value is -2.54. The van der Waals surface area contributed by atoms with Crippen LogP contribution in [0.4, 0.5) is 4.79 Å². The van der Waals surface area contributed by atoms with E-state index in [0.717, 1.165) is 41.8 Å². The summed E-state index contributed by atoms with van der Waals surface area (Å²) in [4.78, 5) is 12.1. The number of amides is 2. The smallest absolute Gasteiger partial charge is 0.315 e. The van der Waals surface area contributed by atoms with Crippen LogP contribution in [0.5, 0.6) is 5.75 Å². The monoisotopic (exact) mass is 358 g/mol. The summed E-state index contributed by atoms with van der Waals surface area (Å²) in [5.41, 5.74) is 3.05. The second kappa shape index (κ2) is 8.23. The van der Waals surface area contributed by atoms with Crippen LogP contribution in [-0.4, -0.2) is 40.0 Å². The number of nitrogens with one attached hydrogen (secondary N) is 3. The fraction of sp³-hybridized carbons (Fsp3) is 0.474. The highest BCUT2D eigenvalue weighted by atomic mass is 16.5. The van der Waals surface area contributed by atoms with Gasteiger partial charge in [-0.1, -0.05) is 12.1 Å². The van der Waals surface area contributed by atoms with Crippen LogP contribution >= 0.6 is 0 Å². The molecule has 2 unspecified atom stereocenters. The van der Waals surface area contributed by atoms with Crippen LogP contribution in [0.1, 0.15) is 43.2 Å². The van der Waals surface area contributed by atoms with Gasteiger partial charge in [0.1, 0.15) is 5.75 Å². The van der Waals surface area contributed by atoms with E-state index >= 15 is 0 Å². The minimum absolute atomic E-state index is 0.0877. The minimum Gasteiger partial charge on any atom is -0.491 e. The molecule has 1 aliphatic rings. The standard InChI is InChI=1S/C19H26N4O3/c1-12(2)26-16-6-3-13(4-7-16)18(24)11-20-19(25)22-15-5-8-17-14(9-15)10-21-23-17/h3-4,6-7,10,12,15,18,24H,5,8-9,11H2,1-2H3,(H,21,23)(H2,20,22,25). The molecule has 0 saturated carbocycles. The summed E-state index contributed by atoms with van der Waals surface area (Å²) >= 11 is 0. The molecular weight excluding hydrogens is 332 g/mol. The maximum Gasteiger partial charge on any atom is 0.315 e. The van der Waals surface area contributed by atoms with Gasteiger partial charge in [-0.15, -0.1) is 0 Å². The first-order valence-corrected chi connectivity index (χ1v) is 9.01. The number of aryl methyl sites for hydroxylation is 1. The fourth-order valence-electron chi connectivity index (χ4n) is 3.12. The van der Waals surface area contributed by atoms with Gasteiger partial charge in [0.05, 0.1) is 18.4 Å². The molecule has 2 atom stereocenters. The average Bonchev–Trinajstić information content (AvgIpc) is 3.07. The molecule has 0 radical (unpaired) electrons. The molecule has 7 nitrogen and oxygen atoms in total. The van der Waals surface area contributed by atoms with Crippen molar-refractivity contribution in [3.05, 3.63) is 47.3 Å². The van der Waals surface area contributed by atoms with Crippen LogP contribution in [0.15, 0.2) is 30.5 Å². The average molecular weight is 358 g/mol. The summed E-state index contributed by atoms with van der Waals surface area (Å²) in [5.74, 6) is 0.762. The highest BCUT2D eigenvalue weighted by Gasteiger charge is 2.21. The van der Waals surface area contributed by atoms with Crippen molar-refractivity contribution in [1.82, 2.24) is 20.8 Å². The molecule has 2 amide bonds. The maximum atomic E-state index is 12.1. The molecule has 1 aromatic heterocycles. The van der Waals surface area contributed by atoms with E-state index < -0.39 is 6.10 Å². The second-order valence-electron chi connectivity index (χ2n) is 6.92. The van der Waals surface area contributed by atoms with Crippen molar-refractivity contribution in [2.75, 3.05) is 6.54 Å². The molecule has 2 aromatic rings. The predicted octanol–water partition coefficient (Wildman–Crippen LogP) is 2.09. The van der Waals surface area contributed by atoms with E-state index in [-0.39, 0.29) is 24.7 Å². The summed E-state index contributed by atoms with van der Waals surface area (Å²) < 4.78 is 5.58. The second-order valence-corrected chi connectivity index (χ2v) is 6.92. The molecule has 3 rings (SSSR count). The summed E-state index contributed by atoms with van der Waals surface area (Å²) in [6.45, 7) is 4.08. The normalized spacial score (nSPS) is 17.5. The van der Waals surface area contributed by atoms with Crippen molar-refractivity contribution in [2.24, 2.45) is 0 Å². The lowest BCUT2D eigenvalue weighted by Crippen LogP contribution is -2.45. The molecule has 0 bridgehead atoms. The first-order chi connectivity index (χ1) is 12.5. The molecule has 140 valence electrons. The van der Waals surface area contributed by atoms with Gasteiger partial charge in [-0.25, -0.2) is 4.79 Å². The third-order valence-corrected chi connectivity index (χ3v) is 4.44. The predicted molar refractivity (Wildman–Crippen MR) is 98.1 cm³/mol. The van der Waals surface area contributed by atoms with Gasteiger partial charge in [0.25, 0.3) is 0 Å². The molecule has 0 spiro atoms. The van der Waals surface area contributed by atoms with Gasteiger partial charge in [0, 0.05) is 18.3 Å². The number of hydrogen-bond acceptors (Lipinski definition) is 4. The number of rotatable bonds is 6. The number of ether oxygens (including phenoxy) is 1. The number of fused-ring (bicyclic) bond motifs is 1. The number of benzene rings is 1. The van der Waals surface area contributed by atoms with Crippen molar-refractivity contribution in [2.45, 2.75) is 51.4 Å². The maximum absolute atomic E-state index is 12.1. The van der Waals surface area contributed by atoms with Crippen molar-refractivity contribution < 1.29 is 14.6 Å². The van der Waals surface area contributed by atoms with Gasteiger partial charge in [0.2, 0.25) is 0 Å². The SMILES string of the molecule is CC(C)Oc1ccc(C(O)CNC(=O)NC2CCc3[nH]ncc3C2)cc1. The number of urea groups is 1. The fourth-order valence-corrected chi connectivity index (χ4v) is 3.12. The molecule has 7 heteroatoms. The number of carbonyl (C=O) groups excluding carboxylic acids is 1. The minimum atomic E-state index is -0.763. The topological polar surface area (TPSA) is 99.3 Å². The van der Waals surface area contributed by atoms with Crippen LogP contribution in [0.2, 0.25) is 0 Å². The Morgan fingerprint density at radius 3 is 2.88 bits per heavy atom. The van der Waals surface area contributed by atoms with E-state index in [0.29, 0.717) is 0 Å². The molecule has 4 N–H and O–H groups in total. The Morgan fingerprint density at radius 2 is 2.15 bits per heavy atom. The van der Waals surface area contributed by atoms with Crippen molar-refractivity contribution in [3.8, 4) is 5.75 Å². The zero-order valence-electron chi connectivity index (χ0n) is 15.2. The van der Waals surface area contributed by atoms with Gasteiger partial charge in [-0.05, 0) is 56.4 Å². The molecule has 1 heterocycles. The lowest BCUT2D eigenvalue weighted by molar-refractivity contribution is 0.172. The van der Waals surface area contributed by atoms with Crippen molar-refractivity contribution in [3.63, 3.8) is 0 Å². The number of H-pyrrole nitrogens is 1. The summed E-state index contributed by atoms with van der Waals surface area (Å²) in [6, 6.07) is 7.09. The number of aromatic nitrogens is 2. The van der Waals surface area contributed by atoms with E-state index in [1.54, 1.807) is 0 Å². The van der Waals surface area contributed by atoms with Crippen molar-refractivity contribution >= 4 is 6.03 Å². The number of aliphatic hydroxyl groups excluding tert-OH is 1. The highest BCUT2D eigenvalue weighted by Crippen LogP contribution is 2.19. The van der Waals surface area contributed by atoms with E-state index in [1.807, 2.05) is 44.3 Å². The molecule has 0 fully saturated rings. The lowest BCUT2D eigenvalue weighted by atomic mass is 9.94. The molecular formula is C19H26N4O3. The van der Waals surface area contributed by atoms with Gasteiger partial charge < -0.3 is 20.5 Å². The summed E-state index contributed by atoms with van der Waals surface area (Å²) in [7, 11) is 0. The van der Waals surface area contributed by atoms with E-state index in [1.165, 1.54) is 0 Å². The first-order valence-electron chi connectivity index (χ1n) is 9.01. The zero-order valence-corrected chi connectivity index (χ0v) is 15.2. The van der Waals surface area contributed by atoms with Gasteiger partial charge in [0.15, 0.2) is 0 Å². The number of aliphatic hydroxyl groups is 1. The van der Waals surface area contributed by atoms with Gasteiger partial charge in [-0.2, -0.15) is 5.10 Å². The van der Waals surface area contributed by atoms with Crippen LogP contribution in [0.25, 0.3) is 0 Å². The summed E-state index contributed by atoms with van der Waals surface area (Å²) in [5, 5.41) is 23.0. The first kappa shape index (κ1) is 18.3. The number of carbonyl (C=O) groups is 1. The highest BCUT2D eigenvalue weighted by molar-refractivity contribution is 5.74. The molecule has 26 heavy (non-hydrogen) atoms. The summed E-state index contributed by atoms with van der Waals surface area (Å²) in [6.07, 6.45) is 3.70. The van der Waals surface area contributed by atoms with E-state index in [9.17, 15) is 9.90 Å². The van der Waals surface area contributed by atoms with E-state index in [2.05, 4.69) is 20.8 Å². The number of hydrogen-bond donors (Lipinski definition) is 4. The zero-order chi connectivity index (χ0) is 18.5. The largest absolute Gasteiger partial charge is 0.491 e. The Labute approximate surface area is 153 Å². The number of nitrogens with zero attached hydrogens (tertiary/aromatic N) is 1. The third-order valence-electron chi connectivity index (χ3n) is 4.44. The Balaban J connectivity index is 1.44. The van der Waals surface area contributed by atoms with Crippen LogP contribution < -0.4 is 15.4 Å².